The van der Waals surface area contributed by atoms with Gasteiger partial charge in [-0.05, 0) is 6.07 Å². The molecule has 4 heteroatoms. The van der Waals surface area contributed by atoms with Gasteiger partial charge >= 0.3 is 0 Å². The number of rotatable bonds is 4. The van der Waals surface area contributed by atoms with Crippen LogP contribution in [-0.2, 0) is 11.3 Å². The molecule has 0 atom stereocenters. The molecule has 1 fully saturated rings. The van der Waals surface area contributed by atoms with Gasteiger partial charge in [0.05, 0.1) is 26.9 Å². The van der Waals surface area contributed by atoms with Crippen LogP contribution in [0.1, 0.15) is 18.4 Å². The van der Waals surface area contributed by atoms with E-state index in [1.807, 2.05) is 18.2 Å². The summed E-state index contributed by atoms with van der Waals surface area (Å²) in [5, 5.41) is 9.22. The van der Waals surface area contributed by atoms with E-state index in [-0.39, 0.29) is 12.7 Å². The summed E-state index contributed by atoms with van der Waals surface area (Å²) in [6, 6.07) is 5.56. The van der Waals surface area contributed by atoms with E-state index in [1.54, 1.807) is 7.11 Å². The molecule has 0 aromatic heterocycles. The quantitative estimate of drug-likeness (QED) is 0.868. The van der Waals surface area contributed by atoms with Gasteiger partial charge in [0.2, 0.25) is 0 Å². The SMILES string of the molecule is COc1c(CO)cccc1OC1CCOCC1. The second-order valence-corrected chi connectivity index (χ2v) is 4.04. The summed E-state index contributed by atoms with van der Waals surface area (Å²) in [4.78, 5) is 0. The van der Waals surface area contributed by atoms with Gasteiger partial charge in [-0.3, -0.25) is 0 Å². The lowest BCUT2D eigenvalue weighted by Crippen LogP contribution is -2.26. The average Bonchev–Trinajstić information content (AvgIpc) is 2.39. The van der Waals surface area contributed by atoms with Crippen molar-refractivity contribution in [3.05, 3.63) is 23.8 Å². The third kappa shape index (κ3) is 2.90. The second-order valence-electron chi connectivity index (χ2n) is 4.04. The van der Waals surface area contributed by atoms with E-state index in [1.165, 1.54) is 0 Å². The summed E-state index contributed by atoms with van der Waals surface area (Å²) in [6.45, 7) is 1.44. The molecule has 2 rings (SSSR count). The molecule has 0 aliphatic carbocycles. The van der Waals surface area contributed by atoms with E-state index in [2.05, 4.69) is 0 Å². The Morgan fingerprint density at radius 1 is 1.35 bits per heavy atom. The summed E-state index contributed by atoms with van der Waals surface area (Å²) in [5.74, 6) is 1.33. The number of aliphatic hydroxyl groups is 1. The minimum Gasteiger partial charge on any atom is -0.492 e. The first-order valence-electron chi connectivity index (χ1n) is 5.86. The first-order chi connectivity index (χ1) is 8.35. The summed E-state index contributed by atoms with van der Waals surface area (Å²) in [5.41, 5.74) is 0.747. The molecule has 0 unspecified atom stereocenters. The van der Waals surface area contributed by atoms with Gasteiger partial charge in [0.25, 0.3) is 0 Å². The third-order valence-electron chi connectivity index (χ3n) is 2.90. The van der Waals surface area contributed by atoms with E-state index in [0.717, 1.165) is 31.6 Å². The predicted molar refractivity (Wildman–Crippen MR) is 63.4 cm³/mol. The lowest BCUT2D eigenvalue weighted by atomic mass is 10.1. The number of hydrogen-bond donors (Lipinski definition) is 1. The molecular formula is C13H18O4. The van der Waals surface area contributed by atoms with Crippen LogP contribution in [0.25, 0.3) is 0 Å². The van der Waals surface area contributed by atoms with Gasteiger partial charge in [0, 0.05) is 18.4 Å². The second kappa shape index (κ2) is 5.89. The number of para-hydroxylation sites is 1. The van der Waals surface area contributed by atoms with Crippen LogP contribution in [0.2, 0.25) is 0 Å². The molecule has 1 aromatic carbocycles. The Labute approximate surface area is 101 Å². The highest BCUT2D eigenvalue weighted by Crippen LogP contribution is 2.32. The molecule has 1 aromatic rings. The molecule has 1 aliphatic rings. The van der Waals surface area contributed by atoms with Crippen molar-refractivity contribution in [1.29, 1.82) is 0 Å². The Bertz CT molecular complexity index is 358. The van der Waals surface area contributed by atoms with Crippen molar-refractivity contribution in [3.63, 3.8) is 0 Å². The normalized spacial score (nSPS) is 16.8. The lowest BCUT2D eigenvalue weighted by molar-refractivity contribution is 0.0244. The Morgan fingerprint density at radius 2 is 2.12 bits per heavy atom. The zero-order chi connectivity index (χ0) is 12.1. The van der Waals surface area contributed by atoms with Crippen LogP contribution in [0, 0.1) is 0 Å². The van der Waals surface area contributed by atoms with Crippen molar-refractivity contribution in [2.24, 2.45) is 0 Å². The zero-order valence-electron chi connectivity index (χ0n) is 10.0. The Hall–Kier alpha value is -1.26. The summed E-state index contributed by atoms with van der Waals surface area (Å²) in [7, 11) is 1.59. The molecule has 0 amide bonds. The summed E-state index contributed by atoms with van der Waals surface area (Å²) < 4.78 is 16.5. The molecular weight excluding hydrogens is 220 g/mol. The highest BCUT2D eigenvalue weighted by atomic mass is 16.5. The highest BCUT2D eigenvalue weighted by molar-refractivity contribution is 5.46. The number of methoxy groups -OCH3 is 1. The van der Waals surface area contributed by atoms with Crippen molar-refractivity contribution in [2.45, 2.75) is 25.6 Å². The first kappa shape index (κ1) is 12.2. The standard InChI is InChI=1S/C13H18O4/c1-15-13-10(9-14)3-2-4-12(13)17-11-5-7-16-8-6-11/h2-4,11,14H,5-9H2,1H3. The van der Waals surface area contributed by atoms with Crippen molar-refractivity contribution in [3.8, 4) is 11.5 Å². The van der Waals surface area contributed by atoms with Crippen LogP contribution in [-0.4, -0.2) is 31.5 Å². The molecule has 0 radical (unpaired) electrons. The smallest absolute Gasteiger partial charge is 0.166 e. The van der Waals surface area contributed by atoms with Crippen LogP contribution >= 0.6 is 0 Å². The molecule has 0 bridgehead atoms. The summed E-state index contributed by atoms with van der Waals surface area (Å²) in [6.07, 6.45) is 1.96. The van der Waals surface area contributed by atoms with Crippen LogP contribution in [0.4, 0.5) is 0 Å². The molecule has 17 heavy (non-hydrogen) atoms. The largest absolute Gasteiger partial charge is 0.492 e. The van der Waals surface area contributed by atoms with E-state index in [9.17, 15) is 5.11 Å². The molecule has 0 saturated carbocycles. The molecule has 1 aliphatic heterocycles. The topological polar surface area (TPSA) is 47.9 Å². The molecule has 94 valence electrons. The maximum absolute atomic E-state index is 9.22. The third-order valence-corrected chi connectivity index (χ3v) is 2.90. The van der Waals surface area contributed by atoms with Crippen molar-refractivity contribution < 1.29 is 19.3 Å². The van der Waals surface area contributed by atoms with Crippen LogP contribution < -0.4 is 9.47 Å². The van der Waals surface area contributed by atoms with Gasteiger partial charge in [-0.15, -0.1) is 0 Å². The predicted octanol–water partition coefficient (Wildman–Crippen LogP) is 1.75. The number of ether oxygens (including phenoxy) is 3. The minimum absolute atomic E-state index is 0.0475. The van der Waals surface area contributed by atoms with E-state index in [0.29, 0.717) is 11.5 Å². The number of benzene rings is 1. The minimum atomic E-state index is -0.0475. The molecule has 1 saturated heterocycles. The molecule has 0 spiro atoms. The lowest BCUT2D eigenvalue weighted by Gasteiger charge is -2.24. The van der Waals surface area contributed by atoms with E-state index < -0.39 is 0 Å². The number of hydrogen-bond acceptors (Lipinski definition) is 4. The highest BCUT2D eigenvalue weighted by Gasteiger charge is 2.18. The van der Waals surface area contributed by atoms with Crippen LogP contribution in [0.15, 0.2) is 18.2 Å². The van der Waals surface area contributed by atoms with Crippen molar-refractivity contribution in [2.75, 3.05) is 20.3 Å². The molecule has 4 nitrogen and oxygen atoms in total. The fourth-order valence-electron chi connectivity index (χ4n) is 1.98. The van der Waals surface area contributed by atoms with E-state index in [4.69, 9.17) is 14.2 Å². The van der Waals surface area contributed by atoms with Crippen LogP contribution in [0.3, 0.4) is 0 Å². The Morgan fingerprint density at radius 3 is 2.76 bits per heavy atom. The zero-order valence-corrected chi connectivity index (χ0v) is 10.0. The molecule has 1 N–H and O–H groups in total. The fraction of sp³-hybridized carbons (Fsp3) is 0.538. The molecule has 1 heterocycles. The van der Waals surface area contributed by atoms with Gasteiger partial charge in [0.15, 0.2) is 11.5 Å². The fourth-order valence-corrected chi connectivity index (χ4v) is 1.98. The Balaban J connectivity index is 2.13. The Kier molecular flexibility index (Phi) is 4.23. The van der Waals surface area contributed by atoms with Gasteiger partial charge in [-0.25, -0.2) is 0 Å². The van der Waals surface area contributed by atoms with Gasteiger partial charge in [-0.1, -0.05) is 12.1 Å². The van der Waals surface area contributed by atoms with E-state index >= 15 is 0 Å². The average molecular weight is 238 g/mol. The maximum atomic E-state index is 9.22. The van der Waals surface area contributed by atoms with Crippen molar-refractivity contribution in [1.82, 2.24) is 0 Å². The summed E-state index contributed by atoms with van der Waals surface area (Å²) >= 11 is 0. The van der Waals surface area contributed by atoms with Crippen molar-refractivity contribution >= 4 is 0 Å². The number of aliphatic hydroxyl groups excluding tert-OH is 1. The maximum Gasteiger partial charge on any atom is 0.166 e. The first-order valence-corrected chi connectivity index (χ1v) is 5.86. The monoisotopic (exact) mass is 238 g/mol. The van der Waals surface area contributed by atoms with Crippen LogP contribution in [0.5, 0.6) is 11.5 Å². The van der Waals surface area contributed by atoms with Gasteiger partial charge in [0.1, 0.15) is 6.10 Å². The van der Waals surface area contributed by atoms with Gasteiger partial charge < -0.3 is 19.3 Å². The van der Waals surface area contributed by atoms with Gasteiger partial charge in [-0.2, -0.15) is 0 Å².